The molecule has 0 atom stereocenters. The van der Waals surface area contributed by atoms with Crippen molar-refractivity contribution >= 4 is 5.91 Å². The Morgan fingerprint density at radius 2 is 1.94 bits per heavy atom. The number of nitrogens with zero attached hydrogens (tertiary/aromatic N) is 1. The van der Waals surface area contributed by atoms with Crippen LogP contribution in [0.4, 0.5) is 4.39 Å². The van der Waals surface area contributed by atoms with Gasteiger partial charge in [-0.15, -0.1) is 0 Å². The zero-order chi connectivity index (χ0) is 13.5. The van der Waals surface area contributed by atoms with Crippen LogP contribution in [0.2, 0.25) is 0 Å². The fourth-order valence-corrected chi connectivity index (χ4v) is 1.34. The molecule has 3 nitrogen and oxygen atoms in total. The van der Waals surface area contributed by atoms with Gasteiger partial charge < -0.3 is 9.64 Å². The van der Waals surface area contributed by atoms with E-state index in [1.165, 1.54) is 4.90 Å². The number of rotatable bonds is 5. The highest BCUT2D eigenvalue weighted by Crippen LogP contribution is 2.14. The summed E-state index contributed by atoms with van der Waals surface area (Å²) in [5.41, 5.74) is 1.20. The lowest BCUT2D eigenvalue weighted by molar-refractivity contribution is 0.0827. The summed E-state index contributed by atoms with van der Waals surface area (Å²) in [7, 11) is 3.40. The molecule has 1 rings (SSSR count). The normalized spacial score (nSPS) is 11.2. The van der Waals surface area contributed by atoms with E-state index >= 15 is 0 Å². The van der Waals surface area contributed by atoms with Crippen LogP contribution in [0.25, 0.3) is 0 Å². The third-order valence-electron chi connectivity index (χ3n) is 2.54. The fourth-order valence-electron chi connectivity index (χ4n) is 1.34. The van der Waals surface area contributed by atoms with Gasteiger partial charge in [0.25, 0.3) is 5.91 Å². The smallest absolute Gasteiger partial charge is 0.253 e. The minimum Gasteiger partial charge on any atom is -0.489 e. The third-order valence-corrected chi connectivity index (χ3v) is 2.54. The largest absolute Gasteiger partial charge is 0.489 e. The van der Waals surface area contributed by atoms with Crippen LogP contribution in [0.5, 0.6) is 5.75 Å². The number of benzene rings is 1. The highest BCUT2D eigenvalue weighted by molar-refractivity contribution is 5.93. The Morgan fingerprint density at radius 3 is 2.39 bits per heavy atom. The Kier molecular flexibility index (Phi) is 5.36. The van der Waals surface area contributed by atoms with Crippen LogP contribution in [0.1, 0.15) is 23.7 Å². The van der Waals surface area contributed by atoms with Crippen LogP contribution < -0.4 is 4.74 Å². The van der Waals surface area contributed by atoms with Crippen LogP contribution in [0.3, 0.4) is 0 Å². The van der Waals surface area contributed by atoms with Crippen molar-refractivity contribution in [3.05, 3.63) is 41.7 Å². The maximum atomic E-state index is 12.3. The van der Waals surface area contributed by atoms with Crippen LogP contribution in [0, 0.1) is 0 Å². The maximum Gasteiger partial charge on any atom is 0.253 e. The van der Waals surface area contributed by atoms with E-state index in [0.717, 1.165) is 0 Å². The quantitative estimate of drug-likeness (QED) is 0.805. The summed E-state index contributed by atoms with van der Waals surface area (Å²) in [5, 5.41) is 0. The molecule has 0 N–H and O–H groups in total. The highest BCUT2D eigenvalue weighted by Gasteiger charge is 2.07. The fraction of sp³-hybridized carbons (Fsp3) is 0.357. The van der Waals surface area contributed by atoms with Gasteiger partial charge in [0, 0.05) is 19.7 Å². The molecule has 0 saturated carbocycles. The Labute approximate surface area is 107 Å². The van der Waals surface area contributed by atoms with Gasteiger partial charge >= 0.3 is 0 Å². The molecule has 98 valence electrons. The van der Waals surface area contributed by atoms with Gasteiger partial charge in [0.2, 0.25) is 0 Å². The maximum absolute atomic E-state index is 12.3. The molecule has 18 heavy (non-hydrogen) atoms. The number of halogens is 1. The van der Waals surface area contributed by atoms with Crippen molar-refractivity contribution < 1.29 is 13.9 Å². The lowest BCUT2D eigenvalue weighted by Gasteiger charge is -2.11. The molecule has 0 aliphatic rings. The number of ether oxygens (including phenoxy) is 1. The predicted octanol–water partition coefficient (Wildman–Crippen LogP) is 3.03. The van der Waals surface area contributed by atoms with Crippen molar-refractivity contribution in [2.75, 3.05) is 20.7 Å². The summed E-state index contributed by atoms with van der Waals surface area (Å²) in [4.78, 5) is 13.2. The molecule has 0 saturated heterocycles. The van der Waals surface area contributed by atoms with E-state index in [1.54, 1.807) is 38.4 Å². The first-order valence-electron chi connectivity index (χ1n) is 5.81. The van der Waals surface area contributed by atoms with Gasteiger partial charge in [0.15, 0.2) is 0 Å². The van der Waals surface area contributed by atoms with E-state index in [2.05, 4.69) is 0 Å². The molecule has 0 aliphatic heterocycles. The lowest BCUT2D eigenvalue weighted by Crippen LogP contribution is -2.21. The minimum atomic E-state index is -0.0561. The Hall–Kier alpha value is -1.84. The van der Waals surface area contributed by atoms with E-state index in [-0.39, 0.29) is 12.5 Å². The first-order valence-corrected chi connectivity index (χ1v) is 5.81. The SMILES string of the molecule is CC/C(=C\F)COc1ccc(C(=O)N(C)C)cc1. The molecule has 0 bridgehead atoms. The van der Waals surface area contributed by atoms with E-state index < -0.39 is 0 Å². The summed E-state index contributed by atoms with van der Waals surface area (Å²) in [6.07, 6.45) is 1.19. The summed E-state index contributed by atoms with van der Waals surface area (Å²) in [6.45, 7) is 2.10. The van der Waals surface area contributed by atoms with Crippen molar-refractivity contribution in [3.63, 3.8) is 0 Å². The van der Waals surface area contributed by atoms with Gasteiger partial charge in [-0.05, 0) is 36.3 Å². The highest BCUT2D eigenvalue weighted by atomic mass is 19.1. The Bertz CT molecular complexity index is 424. The summed E-state index contributed by atoms with van der Waals surface area (Å²) in [6, 6.07) is 6.81. The van der Waals surface area contributed by atoms with E-state index in [1.807, 2.05) is 6.92 Å². The van der Waals surface area contributed by atoms with E-state index in [9.17, 15) is 9.18 Å². The van der Waals surface area contributed by atoms with E-state index in [4.69, 9.17) is 4.74 Å². The van der Waals surface area contributed by atoms with Gasteiger partial charge in [0.1, 0.15) is 12.4 Å². The first kappa shape index (κ1) is 14.2. The molecular formula is C14H18FNO2. The Morgan fingerprint density at radius 1 is 1.33 bits per heavy atom. The zero-order valence-electron chi connectivity index (χ0n) is 10.9. The predicted molar refractivity (Wildman–Crippen MR) is 69.4 cm³/mol. The molecule has 0 unspecified atom stereocenters. The van der Waals surface area contributed by atoms with Crippen molar-refractivity contribution in [2.45, 2.75) is 13.3 Å². The summed E-state index contributed by atoms with van der Waals surface area (Å²) in [5.74, 6) is 0.567. The van der Waals surface area contributed by atoms with Gasteiger partial charge in [-0.1, -0.05) is 6.92 Å². The molecular weight excluding hydrogens is 233 g/mol. The van der Waals surface area contributed by atoms with Crippen LogP contribution in [-0.2, 0) is 0 Å². The van der Waals surface area contributed by atoms with Gasteiger partial charge in [-0.3, -0.25) is 4.79 Å². The summed E-state index contributed by atoms with van der Waals surface area (Å²) >= 11 is 0. The van der Waals surface area contributed by atoms with Crippen LogP contribution >= 0.6 is 0 Å². The molecule has 4 heteroatoms. The van der Waals surface area contributed by atoms with Crippen LogP contribution in [-0.4, -0.2) is 31.5 Å². The van der Waals surface area contributed by atoms with Gasteiger partial charge in [-0.2, -0.15) is 0 Å². The van der Waals surface area contributed by atoms with Gasteiger partial charge in [0.05, 0.1) is 6.33 Å². The molecule has 0 fully saturated rings. The minimum absolute atomic E-state index is 0.0561. The average molecular weight is 251 g/mol. The second kappa shape index (κ2) is 6.79. The van der Waals surface area contributed by atoms with Crippen molar-refractivity contribution in [2.24, 2.45) is 0 Å². The number of carbonyl (C=O) groups excluding carboxylic acids is 1. The second-order valence-electron chi connectivity index (χ2n) is 4.13. The number of carbonyl (C=O) groups is 1. The van der Waals surface area contributed by atoms with Crippen molar-refractivity contribution in [1.82, 2.24) is 4.90 Å². The summed E-state index contributed by atoms with van der Waals surface area (Å²) < 4.78 is 17.7. The molecule has 1 amide bonds. The molecule has 0 aromatic heterocycles. The molecule has 0 heterocycles. The molecule has 0 spiro atoms. The molecule has 0 aliphatic carbocycles. The number of hydrogen-bond acceptors (Lipinski definition) is 2. The molecule has 0 radical (unpaired) electrons. The Balaban J connectivity index is 2.63. The lowest BCUT2D eigenvalue weighted by atomic mass is 10.2. The molecule has 1 aromatic rings. The number of amides is 1. The monoisotopic (exact) mass is 251 g/mol. The molecule has 1 aromatic carbocycles. The third kappa shape index (κ3) is 3.87. The van der Waals surface area contributed by atoms with Crippen molar-refractivity contribution in [1.29, 1.82) is 0 Å². The second-order valence-corrected chi connectivity index (χ2v) is 4.13. The van der Waals surface area contributed by atoms with E-state index in [0.29, 0.717) is 29.6 Å². The number of hydrogen-bond donors (Lipinski definition) is 0. The first-order chi connectivity index (χ1) is 8.58. The topological polar surface area (TPSA) is 29.5 Å². The average Bonchev–Trinajstić information content (AvgIpc) is 2.39. The van der Waals surface area contributed by atoms with Gasteiger partial charge in [-0.25, -0.2) is 4.39 Å². The van der Waals surface area contributed by atoms with Crippen molar-refractivity contribution in [3.8, 4) is 5.75 Å². The zero-order valence-corrected chi connectivity index (χ0v) is 10.9. The standard InChI is InChI=1S/C14H18FNO2/c1-4-11(9-15)10-18-13-7-5-12(6-8-13)14(17)16(2)3/h5-9H,4,10H2,1-3H3/b11-9+. The van der Waals surface area contributed by atoms with Crippen LogP contribution in [0.15, 0.2) is 36.2 Å².